The molecule has 2 N–H and O–H groups in total. The number of nitrogens with one attached hydrogen (secondary N) is 2. The SMILES string of the molecule is COc1ccccc1NCC(=O)NN=C(C)C=CC=Cc1ccccc1. The maximum atomic E-state index is 11.9. The number of benzene rings is 2. The summed E-state index contributed by atoms with van der Waals surface area (Å²) in [5, 5.41) is 7.07. The molecule has 0 unspecified atom stereocenters. The molecule has 0 aliphatic carbocycles. The maximum Gasteiger partial charge on any atom is 0.259 e. The fraction of sp³-hybridized carbons (Fsp3) is 0.143. The van der Waals surface area contributed by atoms with Gasteiger partial charge in [-0.25, -0.2) is 5.43 Å². The third-order valence-electron chi connectivity index (χ3n) is 3.44. The minimum Gasteiger partial charge on any atom is -0.495 e. The smallest absolute Gasteiger partial charge is 0.259 e. The van der Waals surface area contributed by atoms with Gasteiger partial charge in [0.05, 0.1) is 25.1 Å². The van der Waals surface area contributed by atoms with Crippen LogP contribution in [0.2, 0.25) is 0 Å². The molecule has 0 bridgehead atoms. The Morgan fingerprint density at radius 3 is 2.58 bits per heavy atom. The van der Waals surface area contributed by atoms with Crippen molar-refractivity contribution in [2.75, 3.05) is 19.0 Å². The lowest BCUT2D eigenvalue weighted by molar-refractivity contribution is -0.119. The molecule has 0 aliphatic heterocycles. The van der Waals surface area contributed by atoms with Crippen molar-refractivity contribution < 1.29 is 9.53 Å². The zero-order chi connectivity index (χ0) is 18.6. The van der Waals surface area contributed by atoms with Gasteiger partial charge in [0.25, 0.3) is 5.91 Å². The molecule has 2 aromatic rings. The van der Waals surface area contributed by atoms with E-state index in [9.17, 15) is 4.79 Å². The summed E-state index contributed by atoms with van der Waals surface area (Å²) in [6.45, 7) is 1.93. The molecule has 5 nitrogen and oxygen atoms in total. The lowest BCUT2D eigenvalue weighted by atomic mass is 10.2. The molecule has 134 valence electrons. The Hall–Kier alpha value is -3.34. The molecule has 0 aromatic heterocycles. The molecule has 26 heavy (non-hydrogen) atoms. The highest BCUT2D eigenvalue weighted by molar-refractivity contribution is 5.94. The maximum absolute atomic E-state index is 11.9. The van der Waals surface area contributed by atoms with Gasteiger partial charge in [-0.1, -0.05) is 60.7 Å². The Labute approximate surface area is 154 Å². The summed E-state index contributed by atoms with van der Waals surface area (Å²) in [5.74, 6) is 0.455. The van der Waals surface area contributed by atoms with Crippen LogP contribution in [0, 0.1) is 0 Å². The van der Waals surface area contributed by atoms with E-state index in [-0.39, 0.29) is 12.5 Å². The van der Waals surface area contributed by atoms with Crippen LogP contribution >= 0.6 is 0 Å². The van der Waals surface area contributed by atoms with Crippen LogP contribution in [0.15, 0.2) is 77.9 Å². The first-order chi connectivity index (χ1) is 12.7. The second-order valence-corrected chi connectivity index (χ2v) is 5.47. The average Bonchev–Trinajstić information content (AvgIpc) is 2.69. The number of hydrazone groups is 1. The summed E-state index contributed by atoms with van der Waals surface area (Å²) in [4.78, 5) is 11.9. The summed E-state index contributed by atoms with van der Waals surface area (Å²) in [7, 11) is 1.59. The van der Waals surface area contributed by atoms with Crippen LogP contribution in [0.4, 0.5) is 5.69 Å². The third-order valence-corrected chi connectivity index (χ3v) is 3.44. The molecular formula is C21H23N3O2. The van der Waals surface area contributed by atoms with Gasteiger partial charge in [-0.3, -0.25) is 4.79 Å². The lowest BCUT2D eigenvalue weighted by Gasteiger charge is -2.09. The van der Waals surface area contributed by atoms with Gasteiger partial charge in [-0.15, -0.1) is 0 Å². The Kier molecular flexibility index (Phi) is 7.68. The highest BCUT2D eigenvalue weighted by Crippen LogP contribution is 2.22. The summed E-state index contributed by atoms with van der Waals surface area (Å²) in [6.07, 6.45) is 7.64. The van der Waals surface area contributed by atoms with Crippen molar-refractivity contribution in [3.05, 3.63) is 78.4 Å². The van der Waals surface area contributed by atoms with Gasteiger partial charge in [-0.2, -0.15) is 5.10 Å². The zero-order valence-electron chi connectivity index (χ0n) is 15.0. The Morgan fingerprint density at radius 2 is 1.81 bits per heavy atom. The van der Waals surface area contributed by atoms with Crippen LogP contribution in [-0.4, -0.2) is 25.3 Å². The van der Waals surface area contributed by atoms with E-state index in [4.69, 9.17) is 4.74 Å². The van der Waals surface area contributed by atoms with Gasteiger partial charge >= 0.3 is 0 Å². The minimum atomic E-state index is -0.233. The van der Waals surface area contributed by atoms with Crippen LogP contribution in [0.1, 0.15) is 12.5 Å². The molecule has 0 fully saturated rings. The minimum absolute atomic E-state index is 0.106. The first-order valence-corrected chi connectivity index (χ1v) is 8.29. The van der Waals surface area contributed by atoms with E-state index in [0.29, 0.717) is 11.5 Å². The quantitative estimate of drug-likeness (QED) is 0.432. The number of carbonyl (C=O) groups excluding carboxylic acids is 1. The second-order valence-electron chi connectivity index (χ2n) is 5.47. The Bertz CT molecular complexity index is 796. The van der Waals surface area contributed by atoms with Crippen LogP contribution in [-0.2, 0) is 4.79 Å². The number of allylic oxidation sites excluding steroid dienone is 3. The Morgan fingerprint density at radius 1 is 1.08 bits per heavy atom. The molecule has 0 atom stereocenters. The van der Waals surface area contributed by atoms with Crippen LogP contribution in [0.25, 0.3) is 6.08 Å². The second kappa shape index (κ2) is 10.5. The molecule has 0 saturated heterocycles. The fourth-order valence-corrected chi connectivity index (χ4v) is 2.12. The fourth-order valence-electron chi connectivity index (χ4n) is 2.12. The molecule has 0 radical (unpaired) electrons. The van der Waals surface area contributed by atoms with E-state index in [1.54, 1.807) is 7.11 Å². The topological polar surface area (TPSA) is 62.7 Å². The number of methoxy groups -OCH3 is 1. The molecular weight excluding hydrogens is 326 g/mol. The number of amides is 1. The molecule has 0 saturated carbocycles. The van der Waals surface area contributed by atoms with Crippen molar-refractivity contribution in [1.29, 1.82) is 0 Å². The molecule has 0 spiro atoms. The predicted octanol–water partition coefficient (Wildman–Crippen LogP) is 3.87. The van der Waals surface area contributed by atoms with E-state index in [0.717, 1.165) is 11.3 Å². The number of rotatable bonds is 8. The zero-order valence-corrected chi connectivity index (χ0v) is 15.0. The van der Waals surface area contributed by atoms with Crippen molar-refractivity contribution in [2.24, 2.45) is 5.10 Å². The normalized spacial score (nSPS) is 11.7. The third kappa shape index (κ3) is 6.65. The van der Waals surface area contributed by atoms with Gasteiger partial charge in [0.15, 0.2) is 0 Å². The number of anilines is 1. The summed E-state index contributed by atoms with van der Waals surface area (Å²) in [5.41, 5.74) is 5.11. The van der Waals surface area contributed by atoms with E-state index in [1.807, 2.05) is 85.8 Å². The Balaban J connectivity index is 1.77. The predicted molar refractivity (Wildman–Crippen MR) is 107 cm³/mol. The molecule has 1 amide bonds. The van der Waals surface area contributed by atoms with Gasteiger partial charge in [0.2, 0.25) is 0 Å². The summed E-state index contributed by atoms with van der Waals surface area (Å²) < 4.78 is 5.23. The van der Waals surface area contributed by atoms with E-state index in [1.165, 1.54) is 0 Å². The van der Waals surface area contributed by atoms with Gasteiger partial charge < -0.3 is 10.1 Å². The highest BCUT2D eigenvalue weighted by Gasteiger charge is 2.03. The first-order valence-electron chi connectivity index (χ1n) is 8.29. The number of carbonyl (C=O) groups is 1. The average molecular weight is 349 g/mol. The molecule has 5 heteroatoms. The number of ether oxygens (including phenoxy) is 1. The van der Waals surface area contributed by atoms with Gasteiger partial charge in [0, 0.05) is 0 Å². The van der Waals surface area contributed by atoms with Gasteiger partial charge in [0.1, 0.15) is 5.75 Å². The summed E-state index contributed by atoms with van der Waals surface area (Å²) >= 11 is 0. The van der Waals surface area contributed by atoms with Crippen molar-refractivity contribution in [3.8, 4) is 5.75 Å². The molecule has 0 aliphatic rings. The van der Waals surface area contributed by atoms with Gasteiger partial charge in [-0.05, 0) is 30.7 Å². The molecule has 2 rings (SSSR count). The van der Waals surface area contributed by atoms with E-state index < -0.39 is 0 Å². The van der Waals surface area contributed by atoms with Crippen molar-refractivity contribution in [3.63, 3.8) is 0 Å². The number of nitrogens with zero attached hydrogens (tertiary/aromatic N) is 1. The van der Waals surface area contributed by atoms with E-state index >= 15 is 0 Å². The molecule has 0 heterocycles. The van der Waals surface area contributed by atoms with Crippen molar-refractivity contribution in [2.45, 2.75) is 6.92 Å². The summed E-state index contributed by atoms with van der Waals surface area (Å²) in [6, 6.07) is 17.4. The van der Waals surface area contributed by atoms with Crippen LogP contribution in [0.5, 0.6) is 5.75 Å². The molecule has 2 aromatic carbocycles. The number of para-hydroxylation sites is 2. The van der Waals surface area contributed by atoms with Crippen LogP contribution < -0.4 is 15.5 Å². The highest BCUT2D eigenvalue weighted by atomic mass is 16.5. The first kappa shape index (κ1) is 19.0. The largest absolute Gasteiger partial charge is 0.495 e. The van der Waals surface area contributed by atoms with Crippen molar-refractivity contribution >= 4 is 23.4 Å². The van der Waals surface area contributed by atoms with Crippen molar-refractivity contribution in [1.82, 2.24) is 5.43 Å². The van der Waals surface area contributed by atoms with Crippen LogP contribution in [0.3, 0.4) is 0 Å². The lowest BCUT2D eigenvalue weighted by Crippen LogP contribution is -2.26. The number of hydrogen-bond donors (Lipinski definition) is 2. The standard InChI is InChI=1S/C21H23N3O2/c1-17(10-6-7-13-18-11-4-3-5-12-18)23-24-21(25)16-22-19-14-8-9-15-20(19)26-2/h3-15,22H,16H2,1-2H3,(H,24,25). The number of hydrogen-bond acceptors (Lipinski definition) is 4. The monoisotopic (exact) mass is 349 g/mol. The van der Waals surface area contributed by atoms with E-state index in [2.05, 4.69) is 15.8 Å².